The van der Waals surface area contributed by atoms with Gasteiger partial charge in [-0.2, -0.15) is 0 Å². The number of rotatable bonds is 7. The lowest BCUT2D eigenvalue weighted by Crippen LogP contribution is -2.45. The van der Waals surface area contributed by atoms with Gasteiger partial charge in [0.25, 0.3) is 0 Å². The maximum atomic E-state index is 12.4. The third-order valence-electron chi connectivity index (χ3n) is 5.14. The van der Waals surface area contributed by atoms with E-state index < -0.39 is 11.3 Å². The molecule has 0 saturated heterocycles. The minimum absolute atomic E-state index is 0.188. The number of aromatic nitrogens is 3. The van der Waals surface area contributed by atoms with E-state index in [1.165, 1.54) is 16.6 Å². The SMILES string of the molecule is C[C@H](Sc1nnc(Cc2cccs2)n1C1CC1)C(=O)NC(=O)NC1CCCC1. The van der Waals surface area contributed by atoms with Crippen molar-refractivity contribution in [2.24, 2.45) is 0 Å². The molecule has 0 aromatic carbocycles. The summed E-state index contributed by atoms with van der Waals surface area (Å²) >= 11 is 3.08. The average molecular weight is 420 g/mol. The Hall–Kier alpha value is -1.87. The Morgan fingerprint density at radius 2 is 2.07 bits per heavy atom. The Balaban J connectivity index is 1.37. The molecule has 2 aromatic heterocycles. The van der Waals surface area contributed by atoms with E-state index in [2.05, 4.69) is 36.8 Å². The molecule has 0 spiro atoms. The van der Waals surface area contributed by atoms with Gasteiger partial charge in [0, 0.05) is 23.4 Å². The topological polar surface area (TPSA) is 88.9 Å². The predicted molar refractivity (Wildman–Crippen MR) is 110 cm³/mol. The lowest BCUT2D eigenvalue weighted by atomic mass is 10.2. The van der Waals surface area contributed by atoms with Gasteiger partial charge in [0.05, 0.1) is 5.25 Å². The highest BCUT2D eigenvalue weighted by molar-refractivity contribution is 8.00. The number of imide groups is 1. The molecule has 2 aromatic rings. The highest BCUT2D eigenvalue weighted by atomic mass is 32.2. The second-order valence-electron chi connectivity index (χ2n) is 7.46. The van der Waals surface area contributed by atoms with Gasteiger partial charge in [-0.05, 0) is 44.1 Å². The second-order valence-corrected chi connectivity index (χ2v) is 9.80. The van der Waals surface area contributed by atoms with E-state index in [4.69, 9.17) is 0 Å². The lowest BCUT2D eigenvalue weighted by Gasteiger charge is -2.15. The molecule has 2 aliphatic rings. The molecule has 0 aliphatic heterocycles. The van der Waals surface area contributed by atoms with Gasteiger partial charge in [0.2, 0.25) is 5.91 Å². The Kier molecular flexibility index (Phi) is 6.01. The summed E-state index contributed by atoms with van der Waals surface area (Å²) in [5, 5.41) is 16.5. The number of nitrogens with zero attached hydrogens (tertiary/aromatic N) is 3. The average Bonchev–Trinajstić information content (AvgIpc) is 3.04. The van der Waals surface area contributed by atoms with Crippen LogP contribution in [0.4, 0.5) is 4.79 Å². The molecule has 0 bridgehead atoms. The summed E-state index contributed by atoms with van der Waals surface area (Å²) in [6, 6.07) is 4.35. The number of hydrogen-bond acceptors (Lipinski definition) is 6. The van der Waals surface area contributed by atoms with E-state index in [0.717, 1.165) is 55.9 Å². The van der Waals surface area contributed by atoms with Crippen molar-refractivity contribution in [1.82, 2.24) is 25.4 Å². The molecule has 1 atom stereocenters. The molecule has 150 valence electrons. The third-order valence-corrected chi connectivity index (χ3v) is 7.07. The highest BCUT2D eigenvalue weighted by Gasteiger charge is 2.31. The van der Waals surface area contributed by atoms with Crippen molar-refractivity contribution in [3.63, 3.8) is 0 Å². The Morgan fingerprint density at radius 3 is 2.75 bits per heavy atom. The molecule has 7 nitrogen and oxygen atoms in total. The number of carbonyl (C=O) groups is 2. The van der Waals surface area contributed by atoms with Crippen molar-refractivity contribution in [3.8, 4) is 0 Å². The normalized spacial score (nSPS) is 18.2. The standard InChI is InChI=1S/C19H25N5O2S2/c1-12(17(25)21-18(26)20-13-5-2-3-6-13)28-19-23-22-16(24(19)14-8-9-14)11-15-7-4-10-27-15/h4,7,10,12-14H,2-3,5-6,8-9,11H2,1H3,(H2,20,21,25,26)/t12-/m0/s1. The molecular formula is C19H25N5O2S2. The van der Waals surface area contributed by atoms with Crippen molar-refractivity contribution in [2.45, 2.75) is 74.4 Å². The third kappa shape index (κ3) is 4.75. The smallest absolute Gasteiger partial charge is 0.321 e. The maximum absolute atomic E-state index is 12.4. The number of amides is 3. The van der Waals surface area contributed by atoms with Crippen LogP contribution in [0.3, 0.4) is 0 Å². The number of nitrogens with one attached hydrogen (secondary N) is 2. The van der Waals surface area contributed by atoms with E-state index >= 15 is 0 Å². The van der Waals surface area contributed by atoms with Gasteiger partial charge >= 0.3 is 6.03 Å². The van der Waals surface area contributed by atoms with Gasteiger partial charge in [-0.1, -0.05) is 30.7 Å². The van der Waals surface area contributed by atoms with E-state index in [9.17, 15) is 9.59 Å². The van der Waals surface area contributed by atoms with Crippen LogP contribution in [0.2, 0.25) is 0 Å². The zero-order valence-corrected chi connectivity index (χ0v) is 17.5. The quantitative estimate of drug-likeness (QED) is 0.671. The molecule has 0 radical (unpaired) electrons. The summed E-state index contributed by atoms with van der Waals surface area (Å²) in [6.07, 6.45) is 7.24. The van der Waals surface area contributed by atoms with E-state index in [1.807, 2.05) is 6.07 Å². The van der Waals surface area contributed by atoms with Gasteiger partial charge in [-0.3, -0.25) is 10.1 Å². The van der Waals surface area contributed by atoms with Gasteiger partial charge in [-0.25, -0.2) is 4.79 Å². The van der Waals surface area contributed by atoms with E-state index in [1.54, 1.807) is 18.3 Å². The van der Waals surface area contributed by atoms with Gasteiger partial charge < -0.3 is 9.88 Å². The van der Waals surface area contributed by atoms with Crippen LogP contribution in [0.5, 0.6) is 0 Å². The Morgan fingerprint density at radius 1 is 1.29 bits per heavy atom. The molecule has 2 N–H and O–H groups in total. The molecular weight excluding hydrogens is 394 g/mol. The van der Waals surface area contributed by atoms with Crippen LogP contribution in [0.15, 0.2) is 22.7 Å². The Bertz CT molecular complexity index is 826. The second kappa shape index (κ2) is 8.65. The molecule has 2 saturated carbocycles. The van der Waals surface area contributed by atoms with Crippen molar-refractivity contribution in [2.75, 3.05) is 0 Å². The molecule has 0 unspecified atom stereocenters. The highest BCUT2D eigenvalue weighted by Crippen LogP contribution is 2.40. The van der Waals surface area contributed by atoms with Crippen LogP contribution in [0, 0.1) is 0 Å². The zero-order chi connectivity index (χ0) is 19.5. The van der Waals surface area contributed by atoms with Crippen molar-refractivity contribution in [1.29, 1.82) is 0 Å². The van der Waals surface area contributed by atoms with E-state index in [0.29, 0.717) is 6.04 Å². The van der Waals surface area contributed by atoms with Gasteiger partial charge in [-0.15, -0.1) is 21.5 Å². The fraction of sp³-hybridized carbons (Fsp3) is 0.579. The number of thioether (sulfide) groups is 1. The van der Waals surface area contributed by atoms with Crippen LogP contribution >= 0.6 is 23.1 Å². The largest absolute Gasteiger partial charge is 0.335 e. The van der Waals surface area contributed by atoms with Crippen molar-refractivity contribution < 1.29 is 9.59 Å². The maximum Gasteiger partial charge on any atom is 0.321 e. The number of hydrogen-bond donors (Lipinski definition) is 2. The van der Waals surface area contributed by atoms with Crippen LogP contribution in [-0.2, 0) is 11.2 Å². The summed E-state index contributed by atoms with van der Waals surface area (Å²) in [6.45, 7) is 1.80. The number of carbonyl (C=O) groups excluding carboxylic acids is 2. The summed E-state index contributed by atoms with van der Waals surface area (Å²) in [7, 11) is 0. The van der Waals surface area contributed by atoms with Crippen LogP contribution < -0.4 is 10.6 Å². The van der Waals surface area contributed by atoms with Crippen LogP contribution in [0.1, 0.15) is 62.2 Å². The van der Waals surface area contributed by atoms with Gasteiger partial charge in [0.1, 0.15) is 5.82 Å². The minimum Gasteiger partial charge on any atom is -0.335 e. The monoisotopic (exact) mass is 419 g/mol. The first-order chi connectivity index (χ1) is 13.6. The van der Waals surface area contributed by atoms with Crippen molar-refractivity contribution in [3.05, 3.63) is 28.2 Å². The van der Waals surface area contributed by atoms with Crippen LogP contribution in [-0.4, -0.2) is 38.0 Å². The van der Waals surface area contributed by atoms with E-state index in [-0.39, 0.29) is 11.9 Å². The lowest BCUT2D eigenvalue weighted by molar-refractivity contribution is -0.119. The summed E-state index contributed by atoms with van der Waals surface area (Å²) < 4.78 is 2.17. The number of urea groups is 1. The molecule has 3 amide bonds. The molecule has 2 fully saturated rings. The molecule has 4 rings (SSSR count). The fourth-order valence-electron chi connectivity index (χ4n) is 3.49. The molecule has 9 heteroatoms. The van der Waals surface area contributed by atoms with Crippen LogP contribution in [0.25, 0.3) is 0 Å². The Labute approximate surface area is 172 Å². The molecule has 28 heavy (non-hydrogen) atoms. The first kappa shape index (κ1) is 19.4. The van der Waals surface area contributed by atoms with Gasteiger partial charge in [0.15, 0.2) is 5.16 Å². The summed E-state index contributed by atoms with van der Waals surface area (Å²) in [5.74, 6) is 0.643. The first-order valence-corrected chi connectivity index (χ1v) is 11.6. The molecule has 2 heterocycles. The molecule has 2 aliphatic carbocycles. The van der Waals surface area contributed by atoms with Crippen molar-refractivity contribution >= 4 is 35.0 Å². The predicted octanol–water partition coefficient (Wildman–Crippen LogP) is 3.51. The zero-order valence-electron chi connectivity index (χ0n) is 15.9. The number of thiophene rings is 1. The summed E-state index contributed by atoms with van der Waals surface area (Å²) in [5.41, 5.74) is 0. The minimum atomic E-state index is -0.425. The summed E-state index contributed by atoms with van der Waals surface area (Å²) in [4.78, 5) is 25.7. The fourth-order valence-corrected chi connectivity index (χ4v) is 5.13. The first-order valence-electron chi connectivity index (χ1n) is 9.84.